The summed E-state index contributed by atoms with van der Waals surface area (Å²) in [6.45, 7) is 4.35. The van der Waals surface area contributed by atoms with E-state index in [9.17, 15) is 0 Å². The molecular formula is C29H32N4O. The molecule has 2 aromatic heterocycles. The summed E-state index contributed by atoms with van der Waals surface area (Å²) >= 11 is 0. The molecule has 5 nitrogen and oxygen atoms in total. The highest BCUT2D eigenvalue weighted by molar-refractivity contribution is 6.02. The first kappa shape index (κ1) is 21.2. The molecule has 4 aromatic rings. The van der Waals surface area contributed by atoms with Crippen LogP contribution >= 0.6 is 0 Å². The predicted octanol–water partition coefficient (Wildman–Crippen LogP) is 5.91. The van der Waals surface area contributed by atoms with E-state index >= 15 is 0 Å². The van der Waals surface area contributed by atoms with Crippen LogP contribution in [0.15, 0.2) is 73.1 Å². The Morgan fingerprint density at radius 3 is 2.62 bits per heavy atom. The molecule has 2 aromatic carbocycles. The molecule has 3 heterocycles. The third-order valence-electron chi connectivity index (χ3n) is 7.46. The maximum Gasteiger partial charge on any atom is 0.142 e. The molecule has 2 N–H and O–H groups in total. The van der Waals surface area contributed by atoms with Crippen molar-refractivity contribution in [3.63, 3.8) is 0 Å². The Morgan fingerprint density at radius 2 is 1.79 bits per heavy atom. The van der Waals surface area contributed by atoms with Crippen molar-refractivity contribution in [1.29, 1.82) is 0 Å². The Hall–Kier alpha value is -3.31. The van der Waals surface area contributed by atoms with E-state index in [1.165, 1.54) is 45.3 Å². The lowest BCUT2D eigenvalue weighted by Crippen LogP contribution is -2.35. The summed E-state index contributed by atoms with van der Waals surface area (Å²) in [5.41, 5.74) is 11.7. The zero-order valence-electron chi connectivity index (χ0n) is 19.6. The number of fused-ring (bicyclic) bond motifs is 1. The van der Waals surface area contributed by atoms with Gasteiger partial charge in [-0.05, 0) is 74.0 Å². The third-order valence-corrected chi connectivity index (χ3v) is 7.46. The van der Waals surface area contributed by atoms with Crippen molar-refractivity contribution in [2.75, 3.05) is 25.4 Å². The Bertz CT molecular complexity index is 1270. The molecule has 2 aliphatic rings. The van der Waals surface area contributed by atoms with Crippen LogP contribution in [-0.4, -0.2) is 34.1 Å². The molecular weight excluding hydrogens is 420 g/mol. The number of ether oxygens (including phenoxy) is 1. The number of aromatic nitrogens is 2. The molecule has 0 unspecified atom stereocenters. The number of rotatable bonds is 7. The van der Waals surface area contributed by atoms with Gasteiger partial charge in [-0.3, -0.25) is 0 Å². The predicted molar refractivity (Wildman–Crippen MR) is 138 cm³/mol. The van der Waals surface area contributed by atoms with Gasteiger partial charge < -0.3 is 19.9 Å². The van der Waals surface area contributed by atoms with Crippen molar-refractivity contribution >= 4 is 16.7 Å². The highest BCUT2D eigenvalue weighted by atomic mass is 16.5. The van der Waals surface area contributed by atoms with Crippen LogP contribution < -0.4 is 10.5 Å². The monoisotopic (exact) mass is 452 g/mol. The summed E-state index contributed by atoms with van der Waals surface area (Å²) in [6.07, 6.45) is 9.25. The second kappa shape index (κ2) is 9.15. The first-order valence-corrected chi connectivity index (χ1v) is 12.5. The fourth-order valence-corrected chi connectivity index (χ4v) is 5.60. The summed E-state index contributed by atoms with van der Waals surface area (Å²) in [7, 11) is 0. The number of benzene rings is 2. The molecule has 1 aliphatic heterocycles. The normalized spacial score (nSPS) is 20.5. The summed E-state index contributed by atoms with van der Waals surface area (Å²) in [4.78, 5) is 7.40. The molecule has 5 heteroatoms. The maximum atomic E-state index is 6.48. The Labute approximate surface area is 201 Å². The zero-order chi connectivity index (χ0) is 22.9. The summed E-state index contributed by atoms with van der Waals surface area (Å²) < 4.78 is 8.48. The van der Waals surface area contributed by atoms with E-state index in [0.717, 1.165) is 45.1 Å². The number of nitrogen functional groups attached to an aromatic ring is 1. The van der Waals surface area contributed by atoms with Gasteiger partial charge in [0.05, 0.1) is 0 Å². The van der Waals surface area contributed by atoms with Crippen molar-refractivity contribution in [2.24, 2.45) is 5.92 Å². The van der Waals surface area contributed by atoms with Crippen molar-refractivity contribution in [3.8, 4) is 16.9 Å². The molecule has 0 atom stereocenters. The van der Waals surface area contributed by atoms with Crippen molar-refractivity contribution in [3.05, 3.63) is 78.6 Å². The van der Waals surface area contributed by atoms with Gasteiger partial charge in [-0.2, -0.15) is 0 Å². The highest BCUT2D eigenvalue weighted by Crippen LogP contribution is 2.43. The number of anilines is 1. The van der Waals surface area contributed by atoms with Crippen LogP contribution in [0.2, 0.25) is 0 Å². The van der Waals surface area contributed by atoms with Gasteiger partial charge in [-0.25, -0.2) is 4.98 Å². The van der Waals surface area contributed by atoms with E-state index in [0.29, 0.717) is 12.6 Å². The minimum atomic E-state index is 0.496. The zero-order valence-corrected chi connectivity index (χ0v) is 19.6. The highest BCUT2D eigenvalue weighted by Gasteiger charge is 2.33. The largest absolute Gasteiger partial charge is 0.489 e. The van der Waals surface area contributed by atoms with E-state index in [2.05, 4.69) is 46.0 Å². The first-order valence-electron chi connectivity index (χ1n) is 12.5. The number of hydrogen-bond donors (Lipinski definition) is 1. The molecule has 0 amide bonds. The van der Waals surface area contributed by atoms with Crippen LogP contribution in [-0.2, 0) is 6.61 Å². The minimum absolute atomic E-state index is 0.496. The van der Waals surface area contributed by atoms with Crippen LogP contribution in [0.3, 0.4) is 0 Å². The van der Waals surface area contributed by atoms with Crippen molar-refractivity contribution < 1.29 is 4.74 Å². The van der Waals surface area contributed by atoms with Crippen molar-refractivity contribution in [2.45, 2.75) is 38.3 Å². The Kier molecular flexibility index (Phi) is 5.71. The van der Waals surface area contributed by atoms with Gasteiger partial charge in [0.2, 0.25) is 0 Å². The molecule has 1 saturated carbocycles. The van der Waals surface area contributed by atoms with Crippen LogP contribution in [0, 0.1) is 5.92 Å². The van der Waals surface area contributed by atoms with Gasteiger partial charge in [-0.15, -0.1) is 0 Å². The number of nitrogens with two attached hydrogens (primary N) is 1. The molecule has 1 aliphatic carbocycles. The van der Waals surface area contributed by atoms with Crippen LogP contribution in [0.25, 0.3) is 22.2 Å². The van der Waals surface area contributed by atoms with Crippen molar-refractivity contribution in [1.82, 2.24) is 14.5 Å². The maximum absolute atomic E-state index is 6.48. The molecule has 34 heavy (non-hydrogen) atoms. The van der Waals surface area contributed by atoms with E-state index in [1.54, 1.807) is 0 Å². The molecule has 0 radical (unpaired) electrons. The van der Waals surface area contributed by atoms with Gasteiger partial charge in [0.25, 0.3) is 0 Å². The van der Waals surface area contributed by atoms with E-state index in [-0.39, 0.29) is 0 Å². The second-order valence-corrected chi connectivity index (χ2v) is 9.85. The van der Waals surface area contributed by atoms with E-state index < -0.39 is 0 Å². The van der Waals surface area contributed by atoms with E-state index in [4.69, 9.17) is 15.5 Å². The van der Waals surface area contributed by atoms with Gasteiger partial charge in [0, 0.05) is 41.6 Å². The first-order chi connectivity index (χ1) is 16.7. The van der Waals surface area contributed by atoms with Gasteiger partial charge in [0.1, 0.15) is 18.0 Å². The number of pyridine rings is 1. The van der Waals surface area contributed by atoms with Crippen LogP contribution in [0.4, 0.5) is 5.69 Å². The standard InChI is InChI=1S/C29H32N4O/c30-27-11-12-31-29-28(27)26(19-33(29)24-15-22(16-24)18-32-13-4-5-14-32)23-9-6-10-25(17-23)34-20-21-7-2-1-3-8-21/h1-3,6-12,17,19,22,24H,4-5,13-16,18,20H2,(H2,30,31)/t22-,24+. The summed E-state index contributed by atoms with van der Waals surface area (Å²) in [5, 5.41) is 1.05. The molecule has 1 saturated heterocycles. The van der Waals surface area contributed by atoms with Gasteiger partial charge in [0.15, 0.2) is 0 Å². The molecule has 174 valence electrons. The molecule has 0 spiro atoms. The van der Waals surface area contributed by atoms with Gasteiger partial charge >= 0.3 is 0 Å². The fourth-order valence-electron chi connectivity index (χ4n) is 5.60. The number of nitrogens with zero attached hydrogens (tertiary/aromatic N) is 3. The lowest BCUT2D eigenvalue weighted by molar-refractivity contribution is 0.146. The average molecular weight is 453 g/mol. The Balaban J connectivity index is 1.25. The summed E-state index contributed by atoms with van der Waals surface area (Å²) in [6, 6.07) is 21.0. The fraction of sp³-hybridized carbons (Fsp3) is 0.345. The van der Waals surface area contributed by atoms with Crippen LogP contribution in [0.1, 0.15) is 37.3 Å². The smallest absolute Gasteiger partial charge is 0.142 e. The number of hydrogen-bond acceptors (Lipinski definition) is 4. The third kappa shape index (κ3) is 4.16. The SMILES string of the molecule is Nc1ccnc2c1c(-c1cccc(OCc3ccccc3)c1)cn2[C@H]1C[C@@H](CN2CCCC2)C1. The average Bonchev–Trinajstić information content (AvgIpc) is 3.49. The molecule has 2 fully saturated rings. The lowest BCUT2D eigenvalue weighted by Gasteiger charge is -2.38. The second-order valence-electron chi connectivity index (χ2n) is 9.85. The quantitative estimate of drug-likeness (QED) is 0.379. The molecule has 0 bridgehead atoms. The number of likely N-dealkylation sites (tertiary alicyclic amines) is 1. The topological polar surface area (TPSA) is 56.3 Å². The van der Waals surface area contributed by atoms with Crippen LogP contribution in [0.5, 0.6) is 5.75 Å². The van der Waals surface area contributed by atoms with E-state index in [1.807, 2.05) is 36.5 Å². The molecule has 6 rings (SSSR count). The summed E-state index contributed by atoms with van der Waals surface area (Å²) in [5.74, 6) is 1.65. The lowest BCUT2D eigenvalue weighted by atomic mass is 9.79. The van der Waals surface area contributed by atoms with Gasteiger partial charge in [-0.1, -0.05) is 42.5 Å². The Morgan fingerprint density at radius 1 is 0.971 bits per heavy atom. The minimum Gasteiger partial charge on any atom is -0.489 e.